The number of hydrogen-bond acceptors (Lipinski definition) is 5. The molecule has 0 radical (unpaired) electrons. The first-order valence-corrected chi connectivity index (χ1v) is 4.75. The Morgan fingerprint density at radius 1 is 1.47 bits per heavy atom. The molecular formula is C9H15N3O3. The SMILES string of the molecule is COCCCCn1cc(C(=O)OC)nn1. The molecule has 0 aromatic carbocycles. The molecule has 1 rings (SSSR count). The third kappa shape index (κ3) is 3.67. The number of carbonyl (C=O) groups excluding carboxylic acids is 1. The normalized spacial score (nSPS) is 10.3. The lowest BCUT2D eigenvalue weighted by Crippen LogP contribution is -2.01. The van der Waals surface area contributed by atoms with Gasteiger partial charge >= 0.3 is 5.97 Å². The van der Waals surface area contributed by atoms with Crippen molar-refractivity contribution >= 4 is 5.97 Å². The number of nitrogens with zero attached hydrogens (tertiary/aromatic N) is 3. The highest BCUT2D eigenvalue weighted by atomic mass is 16.5. The molecule has 1 aromatic rings. The molecular weight excluding hydrogens is 198 g/mol. The van der Waals surface area contributed by atoms with E-state index in [1.54, 1.807) is 18.0 Å². The summed E-state index contributed by atoms with van der Waals surface area (Å²) in [6.07, 6.45) is 3.49. The Morgan fingerprint density at radius 2 is 2.27 bits per heavy atom. The molecule has 0 atom stereocenters. The first-order valence-electron chi connectivity index (χ1n) is 4.75. The fraction of sp³-hybridized carbons (Fsp3) is 0.667. The number of aryl methyl sites for hydroxylation is 1. The van der Waals surface area contributed by atoms with Crippen molar-refractivity contribution < 1.29 is 14.3 Å². The van der Waals surface area contributed by atoms with Gasteiger partial charge in [-0.05, 0) is 12.8 Å². The van der Waals surface area contributed by atoms with Gasteiger partial charge in [0.25, 0.3) is 0 Å². The van der Waals surface area contributed by atoms with Gasteiger partial charge < -0.3 is 9.47 Å². The van der Waals surface area contributed by atoms with Crippen LogP contribution in [0.1, 0.15) is 23.3 Å². The highest BCUT2D eigenvalue weighted by Crippen LogP contribution is 1.98. The maximum absolute atomic E-state index is 11.0. The molecule has 15 heavy (non-hydrogen) atoms. The van der Waals surface area contributed by atoms with Crippen molar-refractivity contribution in [3.05, 3.63) is 11.9 Å². The lowest BCUT2D eigenvalue weighted by atomic mass is 10.3. The molecule has 0 aliphatic rings. The predicted octanol–water partition coefficient (Wildman–Crippen LogP) is 0.491. The summed E-state index contributed by atoms with van der Waals surface area (Å²) in [7, 11) is 2.99. The van der Waals surface area contributed by atoms with Crippen LogP contribution < -0.4 is 0 Å². The van der Waals surface area contributed by atoms with E-state index in [0.717, 1.165) is 26.0 Å². The second-order valence-electron chi connectivity index (χ2n) is 3.06. The van der Waals surface area contributed by atoms with E-state index in [-0.39, 0.29) is 5.69 Å². The molecule has 0 amide bonds. The Labute approximate surface area is 88.2 Å². The summed E-state index contributed by atoms with van der Waals surface area (Å²) in [4.78, 5) is 11.0. The van der Waals surface area contributed by atoms with E-state index >= 15 is 0 Å². The van der Waals surface area contributed by atoms with Crippen molar-refractivity contribution in [1.29, 1.82) is 0 Å². The van der Waals surface area contributed by atoms with Crippen LogP contribution in [-0.2, 0) is 16.0 Å². The van der Waals surface area contributed by atoms with Gasteiger partial charge in [-0.25, -0.2) is 4.79 Å². The summed E-state index contributed by atoms with van der Waals surface area (Å²) < 4.78 is 11.1. The molecule has 1 aromatic heterocycles. The quantitative estimate of drug-likeness (QED) is 0.508. The van der Waals surface area contributed by atoms with Crippen molar-refractivity contribution in [2.24, 2.45) is 0 Å². The second-order valence-corrected chi connectivity index (χ2v) is 3.06. The minimum atomic E-state index is -0.460. The van der Waals surface area contributed by atoms with E-state index in [2.05, 4.69) is 15.0 Å². The smallest absolute Gasteiger partial charge is 0.360 e. The topological polar surface area (TPSA) is 66.2 Å². The Morgan fingerprint density at radius 3 is 2.93 bits per heavy atom. The van der Waals surface area contributed by atoms with E-state index in [1.165, 1.54) is 7.11 Å². The van der Waals surface area contributed by atoms with Crippen LogP contribution in [0.2, 0.25) is 0 Å². The van der Waals surface area contributed by atoms with Crippen LogP contribution in [0.15, 0.2) is 6.20 Å². The van der Waals surface area contributed by atoms with Gasteiger partial charge in [-0.2, -0.15) is 0 Å². The standard InChI is InChI=1S/C9H15N3O3/c1-14-6-4-3-5-12-7-8(10-11-12)9(13)15-2/h7H,3-6H2,1-2H3. The Hall–Kier alpha value is -1.43. The Balaban J connectivity index is 2.36. The molecule has 6 nitrogen and oxygen atoms in total. The van der Waals surface area contributed by atoms with Gasteiger partial charge in [0.1, 0.15) is 0 Å². The van der Waals surface area contributed by atoms with Crippen LogP contribution in [0.5, 0.6) is 0 Å². The van der Waals surface area contributed by atoms with Gasteiger partial charge in [-0.15, -0.1) is 5.10 Å². The summed E-state index contributed by atoms with van der Waals surface area (Å²) in [5.74, 6) is -0.460. The number of aromatic nitrogens is 3. The molecule has 0 spiro atoms. The maximum atomic E-state index is 11.0. The lowest BCUT2D eigenvalue weighted by Gasteiger charge is -1.99. The first-order chi connectivity index (χ1) is 7.27. The molecule has 0 saturated carbocycles. The minimum absolute atomic E-state index is 0.240. The van der Waals surface area contributed by atoms with E-state index in [4.69, 9.17) is 4.74 Å². The largest absolute Gasteiger partial charge is 0.464 e. The fourth-order valence-corrected chi connectivity index (χ4v) is 1.13. The van der Waals surface area contributed by atoms with Crippen molar-refractivity contribution in [1.82, 2.24) is 15.0 Å². The van der Waals surface area contributed by atoms with Crippen LogP contribution in [0.4, 0.5) is 0 Å². The lowest BCUT2D eigenvalue weighted by molar-refractivity contribution is 0.0594. The van der Waals surface area contributed by atoms with Crippen LogP contribution in [0.25, 0.3) is 0 Å². The molecule has 0 aliphatic carbocycles. The third-order valence-electron chi connectivity index (χ3n) is 1.92. The van der Waals surface area contributed by atoms with Crippen molar-refractivity contribution in [3.8, 4) is 0 Å². The number of ether oxygens (including phenoxy) is 2. The van der Waals surface area contributed by atoms with E-state index in [9.17, 15) is 4.79 Å². The molecule has 0 unspecified atom stereocenters. The molecule has 84 valence electrons. The van der Waals surface area contributed by atoms with Gasteiger partial charge in [0, 0.05) is 20.3 Å². The van der Waals surface area contributed by atoms with Crippen molar-refractivity contribution in [3.63, 3.8) is 0 Å². The number of esters is 1. The molecule has 0 fully saturated rings. The number of carbonyl (C=O) groups is 1. The fourth-order valence-electron chi connectivity index (χ4n) is 1.13. The van der Waals surface area contributed by atoms with Gasteiger partial charge in [-0.1, -0.05) is 5.21 Å². The average Bonchev–Trinajstić information content (AvgIpc) is 2.72. The summed E-state index contributed by atoms with van der Waals surface area (Å²) in [6, 6.07) is 0. The van der Waals surface area contributed by atoms with Crippen molar-refractivity contribution in [2.45, 2.75) is 19.4 Å². The second kappa shape index (κ2) is 6.13. The van der Waals surface area contributed by atoms with Gasteiger partial charge in [0.15, 0.2) is 5.69 Å². The van der Waals surface area contributed by atoms with Crippen molar-refractivity contribution in [2.75, 3.05) is 20.8 Å². The monoisotopic (exact) mass is 213 g/mol. The summed E-state index contributed by atoms with van der Waals surface area (Å²) in [5, 5.41) is 7.50. The van der Waals surface area contributed by atoms with E-state index < -0.39 is 5.97 Å². The zero-order valence-corrected chi connectivity index (χ0v) is 8.97. The summed E-state index contributed by atoms with van der Waals surface area (Å²) in [6.45, 7) is 1.46. The van der Waals surface area contributed by atoms with Gasteiger partial charge in [0.05, 0.1) is 13.3 Å². The predicted molar refractivity (Wildman–Crippen MR) is 52.5 cm³/mol. The third-order valence-corrected chi connectivity index (χ3v) is 1.92. The summed E-state index contributed by atoms with van der Waals surface area (Å²) >= 11 is 0. The Kier molecular flexibility index (Phi) is 4.76. The summed E-state index contributed by atoms with van der Waals surface area (Å²) in [5.41, 5.74) is 0.240. The highest BCUT2D eigenvalue weighted by molar-refractivity contribution is 5.86. The molecule has 0 bridgehead atoms. The van der Waals surface area contributed by atoms with Crippen LogP contribution >= 0.6 is 0 Å². The molecule has 6 heteroatoms. The number of unbranched alkanes of at least 4 members (excludes halogenated alkanes) is 1. The average molecular weight is 213 g/mol. The number of hydrogen-bond donors (Lipinski definition) is 0. The Bertz CT molecular complexity index is 311. The van der Waals surface area contributed by atoms with Gasteiger partial charge in [0.2, 0.25) is 0 Å². The number of rotatable bonds is 6. The van der Waals surface area contributed by atoms with E-state index in [0.29, 0.717) is 0 Å². The van der Waals surface area contributed by atoms with Crippen LogP contribution in [-0.4, -0.2) is 41.8 Å². The van der Waals surface area contributed by atoms with Crippen LogP contribution in [0.3, 0.4) is 0 Å². The minimum Gasteiger partial charge on any atom is -0.464 e. The molecule has 0 N–H and O–H groups in total. The van der Waals surface area contributed by atoms with Gasteiger partial charge in [-0.3, -0.25) is 4.68 Å². The zero-order valence-electron chi connectivity index (χ0n) is 8.97. The zero-order chi connectivity index (χ0) is 11.1. The van der Waals surface area contributed by atoms with Crippen LogP contribution in [0, 0.1) is 0 Å². The number of methoxy groups -OCH3 is 2. The molecule has 0 saturated heterocycles. The first kappa shape index (κ1) is 11.6. The highest BCUT2D eigenvalue weighted by Gasteiger charge is 2.09. The van der Waals surface area contributed by atoms with E-state index in [1.807, 2.05) is 0 Å². The molecule has 0 aliphatic heterocycles. The molecule has 1 heterocycles. The maximum Gasteiger partial charge on any atom is 0.360 e.